The molecule has 2 aliphatic heterocycles. The summed E-state index contributed by atoms with van der Waals surface area (Å²) in [5, 5.41) is 9.82. The molecule has 0 radical (unpaired) electrons. The molecule has 3 heterocycles. The normalized spacial score (nSPS) is 20.8. The standard InChI is InChI=1S/C25H32N4O2S2/c1-3-4-14-28-22(27-12-8-5-9-13-27)19(17(2)20(16-26)23(28)30)15-21-24(31)29(25(32)33-21)18-10-6-7-11-18/h15,18H,3-14H2,1-2H3/b21-15+. The van der Waals surface area contributed by atoms with Crippen LogP contribution >= 0.6 is 24.0 Å². The molecule has 0 N–H and O–H groups in total. The van der Waals surface area contributed by atoms with Crippen molar-refractivity contribution in [3.8, 4) is 6.07 Å². The third-order valence-corrected chi connectivity index (χ3v) is 8.36. The van der Waals surface area contributed by atoms with E-state index in [1.165, 1.54) is 18.2 Å². The molecular weight excluding hydrogens is 452 g/mol. The molecule has 6 nitrogen and oxygen atoms in total. The van der Waals surface area contributed by atoms with Crippen molar-refractivity contribution < 1.29 is 4.79 Å². The highest BCUT2D eigenvalue weighted by atomic mass is 32.2. The third-order valence-electron chi connectivity index (χ3n) is 7.03. The molecule has 0 bridgehead atoms. The number of hydrogen-bond donors (Lipinski definition) is 0. The second-order valence-corrected chi connectivity index (χ2v) is 10.9. The van der Waals surface area contributed by atoms with Crippen LogP contribution in [0, 0.1) is 18.3 Å². The van der Waals surface area contributed by atoms with Gasteiger partial charge in [0.25, 0.3) is 11.5 Å². The van der Waals surface area contributed by atoms with E-state index in [0.717, 1.165) is 75.8 Å². The number of unbranched alkanes of at least 4 members (excludes halogenated alkanes) is 1. The SMILES string of the molecule is CCCCn1c(N2CCCCC2)c(/C=C2/SC(=S)N(C3CCCC3)C2=O)c(C)c(C#N)c1=O. The predicted molar refractivity (Wildman–Crippen MR) is 138 cm³/mol. The van der Waals surface area contributed by atoms with Gasteiger partial charge in [0.2, 0.25) is 0 Å². The van der Waals surface area contributed by atoms with Crippen molar-refractivity contribution in [2.75, 3.05) is 18.0 Å². The molecule has 3 fully saturated rings. The molecule has 1 saturated carbocycles. The minimum absolute atomic E-state index is 0.0364. The fraction of sp³-hybridized carbons (Fsp3) is 0.600. The van der Waals surface area contributed by atoms with Crippen LogP contribution in [0.3, 0.4) is 0 Å². The molecule has 3 aliphatic rings. The van der Waals surface area contributed by atoms with Crippen molar-refractivity contribution in [2.24, 2.45) is 0 Å². The molecule has 1 amide bonds. The van der Waals surface area contributed by atoms with Gasteiger partial charge in [0.05, 0.1) is 4.91 Å². The van der Waals surface area contributed by atoms with E-state index in [-0.39, 0.29) is 23.1 Å². The monoisotopic (exact) mass is 484 g/mol. The van der Waals surface area contributed by atoms with Crippen LogP contribution in [-0.2, 0) is 11.3 Å². The first-order chi connectivity index (χ1) is 16.0. The largest absolute Gasteiger partial charge is 0.357 e. The van der Waals surface area contributed by atoms with Crippen LogP contribution in [0.1, 0.15) is 81.4 Å². The summed E-state index contributed by atoms with van der Waals surface area (Å²) in [4.78, 5) is 31.4. The van der Waals surface area contributed by atoms with Gasteiger partial charge >= 0.3 is 0 Å². The first-order valence-corrected chi connectivity index (χ1v) is 13.4. The van der Waals surface area contributed by atoms with Gasteiger partial charge in [-0.05, 0) is 57.1 Å². The number of piperidine rings is 1. The van der Waals surface area contributed by atoms with Gasteiger partial charge in [0, 0.05) is 31.2 Å². The summed E-state index contributed by atoms with van der Waals surface area (Å²) in [6, 6.07) is 2.33. The Kier molecular flexibility index (Phi) is 7.60. The number of carbonyl (C=O) groups excluding carboxylic acids is 1. The topological polar surface area (TPSA) is 69.3 Å². The molecule has 4 rings (SSSR count). The number of thioether (sulfide) groups is 1. The lowest BCUT2D eigenvalue weighted by Gasteiger charge is -2.33. The summed E-state index contributed by atoms with van der Waals surface area (Å²) in [7, 11) is 0. The van der Waals surface area contributed by atoms with Crippen molar-refractivity contribution in [3.05, 3.63) is 31.9 Å². The summed E-state index contributed by atoms with van der Waals surface area (Å²) in [5.41, 5.74) is 1.42. The first-order valence-electron chi connectivity index (χ1n) is 12.2. The second kappa shape index (κ2) is 10.4. The summed E-state index contributed by atoms with van der Waals surface area (Å²) in [6.07, 6.45) is 11.3. The number of carbonyl (C=O) groups is 1. The highest BCUT2D eigenvalue weighted by Gasteiger charge is 2.38. The zero-order chi connectivity index (χ0) is 23.5. The highest BCUT2D eigenvalue weighted by molar-refractivity contribution is 8.26. The van der Waals surface area contributed by atoms with Crippen LogP contribution in [0.2, 0.25) is 0 Å². The Hall–Kier alpha value is -2.11. The average Bonchev–Trinajstić information content (AvgIpc) is 3.43. The summed E-state index contributed by atoms with van der Waals surface area (Å²) >= 11 is 6.95. The lowest BCUT2D eigenvalue weighted by molar-refractivity contribution is -0.123. The smallest absolute Gasteiger partial charge is 0.270 e. The maximum atomic E-state index is 13.4. The lowest BCUT2D eigenvalue weighted by atomic mass is 10.0. The zero-order valence-corrected chi connectivity index (χ0v) is 21.2. The number of anilines is 1. The zero-order valence-electron chi connectivity index (χ0n) is 19.6. The molecule has 1 aromatic rings. The van der Waals surface area contributed by atoms with E-state index in [4.69, 9.17) is 12.2 Å². The number of pyridine rings is 1. The Morgan fingerprint density at radius 1 is 1.15 bits per heavy atom. The van der Waals surface area contributed by atoms with Gasteiger partial charge in [0.1, 0.15) is 21.8 Å². The number of nitrogens with zero attached hydrogens (tertiary/aromatic N) is 4. The van der Waals surface area contributed by atoms with Gasteiger partial charge in [-0.2, -0.15) is 5.26 Å². The van der Waals surface area contributed by atoms with Crippen LogP contribution in [0.4, 0.5) is 5.82 Å². The van der Waals surface area contributed by atoms with Crippen LogP contribution in [0.5, 0.6) is 0 Å². The van der Waals surface area contributed by atoms with Gasteiger partial charge in [-0.3, -0.25) is 19.1 Å². The third kappa shape index (κ3) is 4.63. The van der Waals surface area contributed by atoms with Crippen molar-refractivity contribution >= 4 is 46.1 Å². The summed E-state index contributed by atoms with van der Waals surface area (Å²) < 4.78 is 2.40. The van der Waals surface area contributed by atoms with Crippen molar-refractivity contribution in [1.82, 2.24) is 9.47 Å². The molecular formula is C25H32N4O2S2. The first kappa shape index (κ1) is 24.0. The summed E-state index contributed by atoms with van der Waals surface area (Å²) in [6.45, 7) is 6.25. The molecule has 0 unspecified atom stereocenters. The molecule has 8 heteroatoms. The molecule has 1 aromatic heterocycles. The molecule has 176 valence electrons. The van der Waals surface area contributed by atoms with E-state index >= 15 is 0 Å². The molecule has 0 atom stereocenters. The van der Waals surface area contributed by atoms with Gasteiger partial charge in [0.15, 0.2) is 0 Å². The van der Waals surface area contributed by atoms with Crippen molar-refractivity contribution in [1.29, 1.82) is 5.26 Å². The average molecular weight is 485 g/mol. The predicted octanol–water partition coefficient (Wildman–Crippen LogP) is 4.96. The van der Waals surface area contributed by atoms with E-state index in [1.54, 1.807) is 9.47 Å². The van der Waals surface area contributed by atoms with E-state index in [9.17, 15) is 14.9 Å². The number of hydrogen-bond acceptors (Lipinski definition) is 6. The van der Waals surface area contributed by atoms with Crippen LogP contribution in [-0.4, -0.2) is 38.8 Å². The van der Waals surface area contributed by atoms with E-state index in [1.807, 2.05) is 13.0 Å². The molecule has 2 saturated heterocycles. The highest BCUT2D eigenvalue weighted by Crippen LogP contribution is 2.39. The summed E-state index contributed by atoms with van der Waals surface area (Å²) in [5.74, 6) is 0.821. The molecule has 33 heavy (non-hydrogen) atoms. The number of aromatic nitrogens is 1. The van der Waals surface area contributed by atoms with Crippen LogP contribution in [0.15, 0.2) is 9.70 Å². The Morgan fingerprint density at radius 3 is 2.48 bits per heavy atom. The van der Waals surface area contributed by atoms with Crippen molar-refractivity contribution in [3.63, 3.8) is 0 Å². The quantitative estimate of drug-likeness (QED) is 0.420. The van der Waals surface area contributed by atoms with E-state index < -0.39 is 0 Å². The Morgan fingerprint density at radius 2 is 1.85 bits per heavy atom. The number of nitriles is 1. The fourth-order valence-corrected chi connectivity index (χ4v) is 6.58. The Balaban J connectivity index is 1.86. The maximum absolute atomic E-state index is 13.4. The van der Waals surface area contributed by atoms with E-state index in [0.29, 0.717) is 21.3 Å². The van der Waals surface area contributed by atoms with Gasteiger partial charge < -0.3 is 4.90 Å². The minimum Gasteiger partial charge on any atom is -0.357 e. The molecule has 0 aromatic carbocycles. The van der Waals surface area contributed by atoms with Crippen LogP contribution in [0.25, 0.3) is 6.08 Å². The maximum Gasteiger partial charge on any atom is 0.270 e. The van der Waals surface area contributed by atoms with E-state index in [2.05, 4.69) is 17.9 Å². The molecule has 0 spiro atoms. The Labute approximate surface area is 205 Å². The number of amides is 1. The van der Waals surface area contributed by atoms with Gasteiger partial charge in [-0.25, -0.2) is 0 Å². The van der Waals surface area contributed by atoms with Crippen LogP contribution < -0.4 is 10.5 Å². The number of thiocarbonyl (C=S) groups is 1. The van der Waals surface area contributed by atoms with Gasteiger partial charge in [-0.1, -0.05) is 50.2 Å². The van der Waals surface area contributed by atoms with Crippen molar-refractivity contribution in [2.45, 2.75) is 84.2 Å². The Bertz CT molecular complexity index is 1070. The minimum atomic E-state index is -0.223. The molecule has 1 aliphatic carbocycles. The second-order valence-electron chi connectivity index (χ2n) is 9.20. The fourth-order valence-electron chi connectivity index (χ4n) is 5.20. The number of rotatable bonds is 6. The van der Waals surface area contributed by atoms with Gasteiger partial charge in [-0.15, -0.1) is 0 Å². The lowest BCUT2D eigenvalue weighted by Crippen LogP contribution is -2.38.